The smallest absolute Gasteiger partial charge is 0.363 e. The molecule has 0 amide bonds. The molecule has 1 heterocycles. The average molecular weight is 449 g/mol. The minimum Gasteiger partial charge on any atom is -0.508 e. The summed E-state index contributed by atoms with van der Waals surface area (Å²) < 4.78 is 12.5. The van der Waals surface area contributed by atoms with Gasteiger partial charge in [0, 0.05) is 5.41 Å². The maximum absolute atomic E-state index is 13.0. The topological polar surface area (TPSA) is 90.7 Å². The van der Waals surface area contributed by atoms with Gasteiger partial charge in [-0.25, -0.2) is 4.79 Å². The van der Waals surface area contributed by atoms with Gasteiger partial charge in [0.25, 0.3) is 5.43 Å². The van der Waals surface area contributed by atoms with Crippen molar-refractivity contribution in [2.45, 2.75) is 51.2 Å². The molecular formula is C26H28N2O5. The summed E-state index contributed by atoms with van der Waals surface area (Å²) in [5.74, 6) is -0.495. The van der Waals surface area contributed by atoms with Crippen LogP contribution in [0.1, 0.15) is 54.2 Å². The largest absolute Gasteiger partial charge is 0.508 e. The molecule has 0 unspecified atom stereocenters. The minimum atomic E-state index is -0.765. The summed E-state index contributed by atoms with van der Waals surface area (Å²) >= 11 is 0. The van der Waals surface area contributed by atoms with Crippen molar-refractivity contribution in [1.82, 2.24) is 9.78 Å². The van der Waals surface area contributed by atoms with E-state index in [0.717, 1.165) is 36.8 Å². The van der Waals surface area contributed by atoms with Gasteiger partial charge in [-0.05, 0) is 43.0 Å². The lowest BCUT2D eigenvalue weighted by Gasteiger charge is -2.30. The second-order valence-electron chi connectivity index (χ2n) is 8.40. The second-order valence-corrected chi connectivity index (χ2v) is 8.40. The Bertz CT molecular complexity index is 1170. The van der Waals surface area contributed by atoms with Crippen LogP contribution in [-0.2, 0) is 23.3 Å². The molecule has 33 heavy (non-hydrogen) atoms. The van der Waals surface area contributed by atoms with E-state index in [9.17, 15) is 14.7 Å². The van der Waals surface area contributed by atoms with Gasteiger partial charge in [-0.3, -0.25) is 9.48 Å². The molecule has 1 fully saturated rings. The number of nitrogens with zero attached hydrogens (tertiary/aromatic N) is 2. The summed E-state index contributed by atoms with van der Waals surface area (Å²) in [6.45, 7) is 2.47. The van der Waals surface area contributed by atoms with Crippen LogP contribution in [0.2, 0.25) is 0 Å². The number of phenolic OH excluding ortho intramolecular Hbond substituents is 1. The fraction of sp³-hybridized carbons (Fsp3) is 0.346. The van der Waals surface area contributed by atoms with Crippen molar-refractivity contribution < 1.29 is 19.4 Å². The van der Waals surface area contributed by atoms with E-state index < -0.39 is 11.4 Å². The number of carbonyl (C=O) groups excluding carboxylic acids is 1. The molecule has 1 aliphatic rings. The highest BCUT2D eigenvalue weighted by Crippen LogP contribution is 2.43. The fourth-order valence-corrected chi connectivity index (χ4v) is 4.50. The molecule has 2 aromatic carbocycles. The zero-order valence-corrected chi connectivity index (χ0v) is 18.7. The molecular weight excluding hydrogens is 420 g/mol. The monoisotopic (exact) mass is 448 g/mol. The molecule has 1 aliphatic carbocycles. The third kappa shape index (κ3) is 5.08. The van der Waals surface area contributed by atoms with Crippen LogP contribution in [-0.4, -0.2) is 27.5 Å². The van der Waals surface area contributed by atoms with Crippen LogP contribution in [0.3, 0.4) is 0 Å². The quantitative estimate of drug-likeness (QED) is 0.519. The van der Waals surface area contributed by atoms with E-state index >= 15 is 0 Å². The van der Waals surface area contributed by atoms with Crippen LogP contribution < -0.4 is 10.2 Å². The maximum Gasteiger partial charge on any atom is 0.363 e. The van der Waals surface area contributed by atoms with E-state index in [1.807, 2.05) is 42.5 Å². The van der Waals surface area contributed by atoms with E-state index in [0.29, 0.717) is 6.54 Å². The Morgan fingerprint density at radius 1 is 1.12 bits per heavy atom. The summed E-state index contributed by atoms with van der Waals surface area (Å²) in [5, 5.41) is 14.4. The van der Waals surface area contributed by atoms with Crippen LogP contribution in [0.4, 0.5) is 0 Å². The van der Waals surface area contributed by atoms with Crippen molar-refractivity contribution in [2.75, 3.05) is 6.61 Å². The molecule has 3 aromatic rings. The van der Waals surface area contributed by atoms with Crippen molar-refractivity contribution >= 4 is 5.97 Å². The predicted octanol–water partition coefficient (Wildman–Crippen LogP) is 4.22. The molecule has 0 radical (unpaired) electrons. The lowest BCUT2D eigenvalue weighted by atomic mass is 9.78. The Labute approximate surface area is 192 Å². The third-order valence-corrected chi connectivity index (χ3v) is 6.12. The average Bonchev–Trinajstić information content (AvgIpc) is 3.29. The maximum atomic E-state index is 13.0. The molecule has 1 aromatic heterocycles. The molecule has 0 saturated heterocycles. The highest BCUT2D eigenvalue weighted by molar-refractivity contribution is 5.87. The standard InChI is InChI=1S/C26H28N2O5/c1-2-32-25(31)23-24(30)22(33-17-19-9-4-3-5-10-19)16-28(27-23)18-26(13-6-7-14-26)20-11-8-12-21(29)15-20/h3-5,8-12,15-16,29H,2,6-7,13-14,17-18H2,1H3. The Morgan fingerprint density at radius 2 is 1.88 bits per heavy atom. The Morgan fingerprint density at radius 3 is 2.58 bits per heavy atom. The fourth-order valence-electron chi connectivity index (χ4n) is 4.50. The summed E-state index contributed by atoms with van der Waals surface area (Å²) in [6.07, 6.45) is 5.51. The normalized spacial score (nSPS) is 14.7. The van der Waals surface area contributed by atoms with Gasteiger partial charge in [0.05, 0.1) is 19.3 Å². The number of aromatic hydroxyl groups is 1. The number of hydrogen-bond acceptors (Lipinski definition) is 6. The van der Waals surface area contributed by atoms with Gasteiger partial charge in [-0.1, -0.05) is 55.3 Å². The summed E-state index contributed by atoms with van der Waals surface area (Å²) in [6, 6.07) is 16.8. The van der Waals surface area contributed by atoms with Crippen LogP contribution in [0.15, 0.2) is 65.6 Å². The highest BCUT2D eigenvalue weighted by atomic mass is 16.5. The third-order valence-electron chi connectivity index (χ3n) is 6.12. The number of carbonyl (C=O) groups is 1. The van der Waals surface area contributed by atoms with Crippen molar-refractivity contribution in [3.05, 3.63) is 87.8 Å². The van der Waals surface area contributed by atoms with Crippen molar-refractivity contribution in [3.63, 3.8) is 0 Å². The van der Waals surface area contributed by atoms with Crippen LogP contribution in [0.25, 0.3) is 0 Å². The van der Waals surface area contributed by atoms with Gasteiger partial charge in [0.15, 0.2) is 5.75 Å². The van der Waals surface area contributed by atoms with Gasteiger partial charge >= 0.3 is 5.97 Å². The first-order valence-electron chi connectivity index (χ1n) is 11.3. The zero-order valence-electron chi connectivity index (χ0n) is 18.7. The van der Waals surface area contributed by atoms with Gasteiger partial charge in [-0.2, -0.15) is 5.10 Å². The first kappa shape index (κ1) is 22.6. The Hall–Kier alpha value is -3.61. The summed E-state index contributed by atoms with van der Waals surface area (Å²) in [4.78, 5) is 25.4. The number of hydrogen-bond donors (Lipinski definition) is 1. The summed E-state index contributed by atoms with van der Waals surface area (Å²) in [7, 11) is 0. The number of benzene rings is 2. The van der Waals surface area contributed by atoms with E-state index in [4.69, 9.17) is 9.47 Å². The van der Waals surface area contributed by atoms with E-state index in [1.54, 1.807) is 29.9 Å². The molecule has 7 nitrogen and oxygen atoms in total. The van der Waals surface area contributed by atoms with Gasteiger partial charge < -0.3 is 14.6 Å². The first-order valence-corrected chi connectivity index (χ1v) is 11.3. The van der Waals surface area contributed by atoms with Gasteiger partial charge in [0.1, 0.15) is 12.4 Å². The van der Waals surface area contributed by atoms with Crippen molar-refractivity contribution in [2.24, 2.45) is 0 Å². The number of esters is 1. The molecule has 0 atom stereocenters. The summed E-state index contributed by atoms with van der Waals surface area (Å²) in [5.41, 5.74) is 0.795. The van der Waals surface area contributed by atoms with E-state index in [2.05, 4.69) is 5.10 Å². The lowest BCUT2D eigenvalue weighted by Crippen LogP contribution is -2.32. The predicted molar refractivity (Wildman–Crippen MR) is 123 cm³/mol. The van der Waals surface area contributed by atoms with E-state index in [1.165, 1.54) is 0 Å². The molecule has 1 saturated carbocycles. The lowest BCUT2D eigenvalue weighted by molar-refractivity contribution is 0.0513. The first-order chi connectivity index (χ1) is 16.0. The van der Waals surface area contributed by atoms with Gasteiger partial charge in [0.2, 0.25) is 5.69 Å². The number of aromatic nitrogens is 2. The Balaban J connectivity index is 1.71. The van der Waals surface area contributed by atoms with E-state index in [-0.39, 0.29) is 35.8 Å². The molecule has 0 bridgehead atoms. The highest BCUT2D eigenvalue weighted by Gasteiger charge is 2.37. The molecule has 0 aliphatic heterocycles. The van der Waals surface area contributed by atoms with Crippen LogP contribution in [0.5, 0.6) is 11.5 Å². The number of ether oxygens (including phenoxy) is 2. The Kier molecular flexibility index (Phi) is 6.77. The van der Waals surface area contributed by atoms with Gasteiger partial charge in [-0.15, -0.1) is 0 Å². The van der Waals surface area contributed by atoms with Crippen molar-refractivity contribution in [1.29, 1.82) is 0 Å². The van der Waals surface area contributed by atoms with Crippen LogP contribution in [0, 0.1) is 0 Å². The molecule has 172 valence electrons. The molecule has 0 spiro atoms. The zero-order chi connectivity index (χ0) is 23.3. The molecule has 4 rings (SSSR count). The molecule has 1 N–H and O–H groups in total. The number of rotatable bonds is 8. The molecule has 7 heteroatoms. The van der Waals surface area contributed by atoms with Crippen LogP contribution >= 0.6 is 0 Å². The minimum absolute atomic E-state index is 0.0564. The van der Waals surface area contributed by atoms with Crippen molar-refractivity contribution in [3.8, 4) is 11.5 Å². The SMILES string of the molecule is CCOC(=O)c1nn(CC2(c3cccc(O)c3)CCCC2)cc(OCc2ccccc2)c1=O. The number of phenols is 1. The second kappa shape index (κ2) is 9.90.